The first-order chi connectivity index (χ1) is 7.18. The van der Waals surface area contributed by atoms with Gasteiger partial charge < -0.3 is 0 Å². The van der Waals surface area contributed by atoms with Crippen molar-refractivity contribution in [3.8, 4) is 10.6 Å². The maximum absolute atomic E-state index is 10.5. The van der Waals surface area contributed by atoms with Crippen molar-refractivity contribution < 1.29 is 4.92 Å². The number of benzene rings is 1. The molecule has 4 nitrogen and oxygen atoms in total. The summed E-state index contributed by atoms with van der Waals surface area (Å²) < 4.78 is 0. The summed E-state index contributed by atoms with van der Waals surface area (Å²) in [5, 5.41) is 13.4. The number of hydrogen-bond donors (Lipinski definition) is 0. The molecule has 2 aromatic rings. The zero-order chi connectivity index (χ0) is 10.8. The van der Waals surface area contributed by atoms with E-state index in [9.17, 15) is 10.1 Å². The maximum Gasteiger partial charge on any atom is 0.270 e. The minimum atomic E-state index is -0.475. The predicted molar refractivity (Wildman–Crippen MR) is 59.2 cm³/mol. The molecule has 0 fully saturated rings. The fraction of sp³-hybridized carbons (Fsp3) is 0. The highest BCUT2D eigenvalue weighted by Crippen LogP contribution is 2.31. The van der Waals surface area contributed by atoms with E-state index < -0.39 is 4.92 Å². The molecule has 0 unspecified atom stereocenters. The average Bonchev–Trinajstić information content (AvgIpc) is 2.70. The van der Waals surface area contributed by atoms with Crippen LogP contribution in [0.1, 0.15) is 0 Å². The van der Waals surface area contributed by atoms with Gasteiger partial charge in [-0.25, -0.2) is 4.98 Å². The Morgan fingerprint density at radius 2 is 2.27 bits per heavy atom. The van der Waals surface area contributed by atoms with E-state index in [0.29, 0.717) is 5.02 Å². The monoisotopic (exact) mass is 240 g/mol. The van der Waals surface area contributed by atoms with E-state index in [4.69, 9.17) is 11.6 Å². The second-order valence-corrected chi connectivity index (χ2v) is 4.06. The molecule has 2 rings (SSSR count). The molecule has 1 aromatic heterocycles. The SMILES string of the molecule is O=[N+]([O-])c1ccc(-c2nccs2)c(Cl)c1. The molecule has 0 saturated carbocycles. The smallest absolute Gasteiger partial charge is 0.258 e. The van der Waals surface area contributed by atoms with Gasteiger partial charge in [0, 0.05) is 29.3 Å². The lowest BCUT2D eigenvalue weighted by Crippen LogP contribution is -1.88. The summed E-state index contributed by atoms with van der Waals surface area (Å²) in [6, 6.07) is 4.36. The van der Waals surface area contributed by atoms with Gasteiger partial charge in [0.25, 0.3) is 5.69 Å². The molecule has 0 aliphatic carbocycles. The van der Waals surface area contributed by atoms with E-state index in [1.165, 1.54) is 23.5 Å². The quantitative estimate of drug-likeness (QED) is 0.597. The number of aromatic nitrogens is 1. The maximum atomic E-state index is 10.5. The van der Waals surface area contributed by atoms with Crippen LogP contribution in [0.4, 0.5) is 5.69 Å². The Morgan fingerprint density at radius 3 is 2.80 bits per heavy atom. The molecule has 6 heteroatoms. The number of non-ortho nitro benzene ring substituents is 1. The number of halogens is 1. The Morgan fingerprint density at radius 1 is 1.47 bits per heavy atom. The van der Waals surface area contributed by atoms with Crippen molar-refractivity contribution in [1.82, 2.24) is 4.98 Å². The topological polar surface area (TPSA) is 56.0 Å². The third kappa shape index (κ3) is 1.98. The summed E-state index contributed by atoms with van der Waals surface area (Å²) in [5.41, 5.74) is 0.706. The number of hydrogen-bond acceptors (Lipinski definition) is 4. The van der Waals surface area contributed by atoms with Gasteiger partial charge in [0.1, 0.15) is 5.01 Å². The normalized spacial score (nSPS) is 10.2. The molecule has 1 aromatic carbocycles. The highest BCUT2D eigenvalue weighted by atomic mass is 35.5. The van der Waals surface area contributed by atoms with E-state index in [0.717, 1.165) is 10.6 Å². The van der Waals surface area contributed by atoms with Crippen LogP contribution in [-0.4, -0.2) is 9.91 Å². The van der Waals surface area contributed by atoms with Crippen molar-refractivity contribution >= 4 is 28.6 Å². The van der Waals surface area contributed by atoms with Crippen molar-refractivity contribution in [2.75, 3.05) is 0 Å². The second-order valence-electron chi connectivity index (χ2n) is 2.76. The molecule has 0 atom stereocenters. The molecule has 0 bridgehead atoms. The Bertz CT molecular complexity index is 499. The van der Waals surface area contributed by atoms with Crippen molar-refractivity contribution in [2.45, 2.75) is 0 Å². The highest BCUT2D eigenvalue weighted by Gasteiger charge is 2.11. The number of nitro benzene ring substituents is 1. The number of thiazole rings is 1. The molecule has 0 spiro atoms. The molecule has 1 heterocycles. The van der Waals surface area contributed by atoms with Crippen LogP contribution in [-0.2, 0) is 0 Å². The van der Waals surface area contributed by atoms with Crippen LogP contribution in [0.15, 0.2) is 29.8 Å². The first kappa shape index (κ1) is 10.1. The molecule has 0 radical (unpaired) electrons. The van der Waals surface area contributed by atoms with E-state index in [1.807, 2.05) is 5.38 Å². The second kappa shape index (κ2) is 3.96. The standard InChI is InChI=1S/C9H5ClN2O2S/c10-8-5-6(12(13)14)1-2-7(8)9-11-3-4-15-9/h1-5H. The number of nitro groups is 1. The molecule has 76 valence electrons. The molecular weight excluding hydrogens is 236 g/mol. The summed E-state index contributed by atoms with van der Waals surface area (Å²) in [7, 11) is 0. The van der Waals surface area contributed by atoms with Crippen molar-refractivity contribution in [3.05, 3.63) is 44.9 Å². The van der Waals surface area contributed by atoms with Gasteiger partial charge in [-0.15, -0.1) is 11.3 Å². The predicted octanol–water partition coefficient (Wildman–Crippen LogP) is 3.37. The van der Waals surface area contributed by atoms with Crippen molar-refractivity contribution in [3.63, 3.8) is 0 Å². The van der Waals surface area contributed by atoms with E-state index in [-0.39, 0.29) is 5.69 Å². The van der Waals surface area contributed by atoms with Gasteiger partial charge in [0.05, 0.1) is 9.95 Å². The summed E-state index contributed by atoms with van der Waals surface area (Å²) in [4.78, 5) is 14.1. The fourth-order valence-corrected chi connectivity index (χ4v) is 2.15. The van der Waals surface area contributed by atoms with Crippen molar-refractivity contribution in [2.24, 2.45) is 0 Å². The van der Waals surface area contributed by atoms with Gasteiger partial charge in [-0.2, -0.15) is 0 Å². The number of rotatable bonds is 2. The lowest BCUT2D eigenvalue weighted by atomic mass is 10.2. The summed E-state index contributed by atoms with van der Waals surface area (Å²) in [5.74, 6) is 0. The Labute approximate surface area is 94.3 Å². The van der Waals surface area contributed by atoms with E-state index >= 15 is 0 Å². The van der Waals surface area contributed by atoms with Crippen molar-refractivity contribution in [1.29, 1.82) is 0 Å². The van der Waals surface area contributed by atoms with Crippen LogP contribution >= 0.6 is 22.9 Å². The van der Waals surface area contributed by atoms with Gasteiger partial charge in [-0.05, 0) is 6.07 Å². The Balaban J connectivity index is 2.48. The Kier molecular flexibility index (Phi) is 2.66. The van der Waals surface area contributed by atoms with Crippen LogP contribution in [0.3, 0.4) is 0 Å². The molecule has 0 N–H and O–H groups in total. The van der Waals surface area contributed by atoms with Crippen LogP contribution in [0.5, 0.6) is 0 Å². The van der Waals surface area contributed by atoms with Gasteiger partial charge in [0.15, 0.2) is 0 Å². The lowest BCUT2D eigenvalue weighted by Gasteiger charge is -1.99. The number of nitrogens with zero attached hydrogens (tertiary/aromatic N) is 2. The molecule has 0 saturated heterocycles. The van der Waals surface area contributed by atoms with Gasteiger partial charge in [-0.1, -0.05) is 11.6 Å². The van der Waals surface area contributed by atoms with Crippen LogP contribution in [0, 0.1) is 10.1 Å². The molecule has 15 heavy (non-hydrogen) atoms. The summed E-state index contributed by atoms with van der Waals surface area (Å²) in [6.07, 6.45) is 1.66. The van der Waals surface area contributed by atoms with Crippen LogP contribution < -0.4 is 0 Å². The Hall–Kier alpha value is -1.46. The highest BCUT2D eigenvalue weighted by molar-refractivity contribution is 7.13. The minimum absolute atomic E-state index is 0.0136. The zero-order valence-electron chi connectivity index (χ0n) is 7.38. The molecule has 0 aliphatic heterocycles. The molecular formula is C9H5ClN2O2S. The van der Waals surface area contributed by atoms with Gasteiger partial charge in [0.2, 0.25) is 0 Å². The summed E-state index contributed by atoms with van der Waals surface area (Å²) in [6.45, 7) is 0. The summed E-state index contributed by atoms with van der Waals surface area (Å²) >= 11 is 7.37. The fourth-order valence-electron chi connectivity index (χ4n) is 1.15. The third-order valence-electron chi connectivity index (χ3n) is 1.83. The van der Waals surface area contributed by atoms with E-state index in [2.05, 4.69) is 4.98 Å². The van der Waals surface area contributed by atoms with Gasteiger partial charge >= 0.3 is 0 Å². The first-order valence-corrected chi connectivity index (χ1v) is 5.28. The van der Waals surface area contributed by atoms with Crippen LogP contribution in [0.25, 0.3) is 10.6 Å². The largest absolute Gasteiger partial charge is 0.270 e. The van der Waals surface area contributed by atoms with Crippen LogP contribution in [0.2, 0.25) is 5.02 Å². The van der Waals surface area contributed by atoms with E-state index in [1.54, 1.807) is 12.3 Å². The van der Waals surface area contributed by atoms with Gasteiger partial charge in [-0.3, -0.25) is 10.1 Å². The average molecular weight is 241 g/mol. The third-order valence-corrected chi connectivity index (χ3v) is 2.95. The minimum Gasteiger partial charge on any atom is -0.258 e. The lowest BCUT2D eigenvalue weighted by molar-refractivity contribution is -0.384. The molecule has 0 amide bonds. The zero-order valence-corrected chi connectivity index (χ0v) is 8.96. The first-order valence-electron chi connectivity index (χ1n) is 4.02. The molecule has 0 aliphatic rings.